The highest BCUT2D eigenvalue weighted by molar-refractivity contribution is 5.90. The minimum absolute atomic E-state index is 0.155. The minimum Gasteiger partial charge on any atom is -0.492 e. The minimum atomic E-state index is -0.155. The molecule has 1 N–H and O–H groups in total. The number of nitrogens with one attached hydrogen (secondary N) is 1. The number of anilines is 1. The quantitative estimate of drug-likeness (QED) is 0.925. The van der Waals surface area contributed by atoms with Crippen molar-refractivity contribution in [1.29, 1.82) is 0 Å². The van der Waals surface area contributed by atoms with Crippen LogP contribution in [-0.4, -0.2) is 40.6 Å². The number of hydrogen-bond donors (Lipinski definition) is 1. The van der Waals surface area contributed by atoms with Crippen LogP contribution in [0.5, 0.6) is 5.75 Å². The molecule has 0 spiro atoms. The Morgan fingerprint density at radius 3 is 3.12 bits per heavy atom. The van der Waals surface area contributed by atoms with Gasteiger partial charge in [-0.1, -0.05) is 22.9 Å². The molecule has 4 rings (SSSR count). The third-order valence-electron chi connectivity index (χ3n) is 4.27. The standard InChI is InChI=1S/C17H20N4O3/c1-11-2-5-14-13(8-11)9-21(6-7-23-14)10-15(22)18-17-19-16(20-24-17)12-3-4-12/h2,5,8,12H,3-4,6-7,9-10H2,1H3,(H,18,19,20,22). The van der Waals surface area contributed by atoms with Crippen LogP contribution in [0.25, 0.3) is 0 Å². The molecule has 2 aliphatic rings. The number of fused-ring (bicyclic) bond motifs is 1. The van der Waals surface area contributed by atoms with Crippen molar-refractivity contribution >= 4 is 11.9 Å². The van der Waals surface area contributed by atoms with E-state index in [0.717, 1.165) is 24.2 Å². The fourth-order valence-electron chi connectivity index (χ4n) is 2.87. The predicted octanol–water partition coefficient (Wildman–Crippen LogP) is 2.09. The molecule has 2 heterocycles. The summed E-state index contributed by atoms with van der Waals surface area (Å²) in [4.78, 5) is 18.5. The molecule has 7 heteroatoms. The zero-order valence-corrected chi connectivity index (χ0v) is 13.6. The SMILES string of the molecule is Cc1ccc2c(c1)CN(CC(=O)Nc1nc(C3CC3)no1)CCO2. The average molecular weight is 328 g/mol. The van der Waals surface area contributed by atoms with E-state index in [4.69, 9.17) is 9.26 Å². The van der Waals surface area contributed by atoms with E-state index in [0.29, 0.717) is 31.4 Å². The van der Waals surface area contributed by atoms with Gasteiger partial charge in [0.1, 0.15) is 12.4 Å². The molecule has 7 nitrogen and oxygen atoms in total. The van der Waals surface area contributed by atoms with E-state index in [9.17, 15) is 4.79 Å². The summed E-state index contributed by atoms with van der Waals surface area (Å²) in [6, 6.07) is 6.32. The van der Waals surface area contributed by atoms with Gasteiger partial charge in [-0.2, -0.15) is 4.98 Å². The number of benzene rings is 1. The van der Waals surface area contributed by atoms with E-state index in [2.05, 4.69) is 33.3 Å². The van der Waals surface area contributed by atoms with Gasteiger partial charge < -0.3 is 9.26 Å². The summed E-state index contributed by atoms with van der Waals surface area (Å²) < 4.78 is 10.8. The molecular weight excluding hydrogens is 308 g/mol. The van der Waals surface area contributed by atoms with Crippen molar-refractivity contribution in [3.63, 3.8) is 0 Å². The number of amides is 1. The van der Waals surface area contributed by atoms with Gasteiger partial charge in [-0.3, -0.25) is 15.0 Å². The van der Waals surface area contributed by atoms with E-state index < -0.39 is 0 Å². The second kappa shape index (κ2) is 6.24. The van der Waals surface area contributed by atoms with E-state index in [1.165, 1.54) is 5.56 Å². The van der Waals surface area contributed by atoms with Crippen molar-refractivity contribution < 1.29 is 14.1 Å². The fourth-order valence-corrected chi connectivity index (χ4v) is 2.87. The average Bonchev–Trinajstić information content (AvgIpc) is 3.32. The van der Waals surface area contributed by atoms with Crippen molar-refractivity contribution in [1.82, 2.24) is 15.0 Å². The van der Waals surface area contributed by atoms with E-state index in [1.807, 2.05) is 12.1 Å². The molecule has 1 saturated carbocycles. The first-order valence-corrected chi connectivity index (χ1v) is 8.25. The van der Waals surface area contributed by atoms with Crippen molar-refractivity contribution in [3.05, 3.63) is 35.2 Å². The normalized spacial score (nSPS) is 17.7. The molecule has 1 amide bonds. The maximum absolute atomic E-state index is 12.2. The Labute approximate surface area is 140 Å². The molecule has 1 fully saturated rings. The van der Waals surface area contributed by atoms with Crippen molar-refractivity contribution in [2.45, 2.75) is 32.2 Å². The molecule has 1 aliphatic carbocycles. The van der Waals surface area contributed by atoms with Gasteiger partial charge in [0.25, 0.3) is 0 Å². The number of hydrogen-bond acceptors (Lipinski definition) is 6. The van der Waals surface area contributed by atoms with Crippen molar-refractivity contribution in [3.8, 4) is 5.75 Å². The summed E-state index contributed by atoms with van der Waals surface area (Å²) in [5.74, 6) is 1.84. The lowest BCUT2D eigenvalue weighted by Gasteiger charge is -2.18. The first-order valence-electron chi connectivity index (χ1n) is 8.25. The molecule has 0 atom stereocenters. The van der Waals surface area contributed by atoms with Gasteiger partial charge in [-0.05, 0) is 25.8 Å². The zero-order valence-electron chi connectivity index (χ0n) is 13.6. The van der Waals surface area contributed by atoms with Crippen molar-refractivity contribution in [2.75, 3.05) is 25.0 Å². The Morgan fingerprint density at radius 1 is 1.42 bits per heavy atom. The molecule has 1 aliphatic heterocycles. The van der Waals surface area contributed by atoms with Gasteiger partial charge in [0.15, 0.2) is 5.82 Å². The number of carbonyl (C=O) groups is 1. The fraction of sp³-hybridized carbons (Fsp3) is 0.471. The summed E-state index contributed by atoms with van der Waals surface area (Å²) in [5, 5.41) is 6.58. The highest BCUT2D eigenvalue weighted by Crippen LogP contribution is 2.38. The lowest BCUT2D eigenvalue weighted by Crippen LogP contribution is -2.34. The van der Waals surface area contributed by atoms with Crippen LogP contribution in [0.1, 0.15) is 35.7 Å². The first-order chi connectivity index (χ1) is 11.7. The smallest absolute Gasteiger partial charge is 0.328 e. The third kappa shape index (κ3) is 3.41. The summed E-state index contributed by atoms with van der Waals surface area (Å²) in [6.07, 6.45) is 2.19. The predicted molar refractivity (Wildman–Crippen MR) is 86.9 cm³/mol. The second-order valence-corrected chi connectivity index (χ2v) is 6.45. The van der Waals surface area contributed by atoms with Crippen LogP contribution in [-0.2, 0) is 11.3 Å². The molecule has 24 heavy (non-hydrogen) atoms. The van der Waals surface area contributed by atoms with Crippen LogP contribution < -0.4 is 10.1 Å². The monoisotopic (exact) mass is 328 g/mol. The highest BCUT2D eigenvalue weighted by atomic mass is 16.5. The van der Waals surface area contributed by atoms with Gasteiger partial charge in [-0.25, -0.2) is 0 Å². The number of rotatable bonds is 4. The Morgan fingerprint density at radius 2 is 2.29 bits per heavy atom. The molecule has 1 aromatic heterocycles. The van der Waals surface area contributed by atoms with Crippen LogP contribution in [0.4, 0.5) is 6.01 Å². The molecule has 126 valence electrons. The summed E-state index contributed by atoms with van der Waals surface area (Å²) in [6.45, 7) is 4.25. The summed E-state index contributed by atoms with van der Waals surface area (Å²) in [7, 11) is 0. The summed E-state index contributed by atoms with van der Waals surface area (Å²) in [5.41, 5.74) is 2.29. The lowest BCUT2D eigenvalue weighted by atomic mass is 10.1. The summed E-state index contributed by atoms with van der Waals surface area (Å²) >= 11 is 0. The highest BCUT2D eigenvalue weighted by Gasteiger charge is 2.29. The van der Waals surface area contributed by atoms with Gasteiger partial charge in [0.05, 0.1) is 6.54 Å². The maximum atomic E-state index is 12.2. The van der Waals surface area contributed by atoms with Gasteiger partial charge in [0.2, 0.25) is 5.91 Å². The number of carbonyl (C=O) groups excluding carboxylic acids is 1. The van der Waals surface area contributed by atoms with Gasteiger partial charge in [0, 0.05) is 24.6 Å². The first kappa shape index (κ1) is 15.1. The van der Waals surface area contributed by atoms with E-state index in [1.54, 1.807) is 0 Å². The van der Waals surface area contributed by atoms with Gasteiger partial charge >= 0.3 is 6.01 Å². The molecular formula is C17H20N4O3. The maximum Gasteiger partial charge on any atom is 0.328 e. The molecule has 2 aromatic rings. The zero-order chi connectivity index (χ0) is 16.5. The van der Waals surface area contributed by atoms with E-state index in [-0.39, 0.29) is 18.5 Å². The van der Waals surface area contributed by atoms with Crippen molar-refractivity contribution in [2.24, 2.45) is 0 Å². The largest absolute Gasteiger partial charge is 0.492 e. The van der Waals surface area contributed by atoms with Crippen LogP contribution in [0.15, 0.2) is 22.7 Å². The molecule has 0 radical (unpaired) electrons. The molecule has 1 aromatic carbocycles. The van der Waals surface area contributed by atoms with Gasteiger partial charge in [-0.15, -0.1) is 0 Å². The second-order valence-electron chi connectivity index (χ2n) is 6.45. The topological polar surface area (TPSA) is 80.5 Å². The molecule has 0 unspecified atom stereocenters. The van der Waals surface area contributed by atoms with Crippen LogP contribution >= 0.6 is 0 Å². The number of ether oxygens (including phenoxy) is 1. The van der Waals surface area contributed by atoms with Crippen LogP contribution in [0, 0.1) is 6.92 Å². The van der Waals surface area contributed by atoms with Crippen LogP contribution in [0.3, 0.4) is 0 Å². The Bertz CT molecular complexity index is 754. The molecule has 0 bridgehead atoms. The Hall–Kier alpha value is -2.41. The number of nitrogens with zero attached hydrogens (tertiary/aromatic N) is 3. The van der Waals surface area contributed by atoms with E-state index >= 15 is 0 Å². The number of aromatic nitrogens is 2. The Balaban J connectivity index is 1.37. The number of aryl methyl sites for hydroxylation is 1. The Kier molecular flexibility index (Phi) is 3.93. The van der Waals surface area contributed by atoms with Crippen LogP contribution in [0.2, 0.25) is 0 Å². The lowest BCUT2D eigenvalue weighted by molar-refractivity contribution is -0.117. The molecule has 0 saturated heterocycles. The third-order valence-corrected chi connectivity index (χ3v) is 4.27.